The number of nitrogens with zero attached hydrogens (tertiary/aromatic N) is 5. The van der Waals surface area contributed by atoms with Crippen LogP contribution in [-0.4, -0.2) is 113 Å². The molecular formula is C41H58N6O9. The highest BCUT2D eigenvalue weighted by molar-refractivity contribution is 6.03. The lowest BCUT2D eigenvalue weighted by atomic mass is 10.1. The van der Waals surface area contributed by atoms with Crippen LogP contribution >= 0.6 is 0 Å². The molecule has 4 amide bonds. The molecule has 2 aromatic carbocycles. The number of hydrogen-bond acceptors (Lipinski definition) is 11. The zero-order chi connectivity index (χ0) is 41.3. The summed E-state index contributed by atoms with van der Waals surface area (Å²) in [7, 11) is 0. The van der Waals surface area contributed by atoms with E-state index in [9.17, 15) is 24.0 Å². The van der Waals surface area contributed by atoms with E-state index in [1.165, 1.54) is 9.80 Å². The smallest absolute Gasteiger partial charge is 0.417 e. The zero-order valence-electron chi connectivity index (χ0n) is 34.3. The summed E-state index contributed by atoms with van der Waals surface area (Å²) < 4.78 is 22.2. The molecule has 0 spiro atoms. The fourth-order valence-electron chi connectivity index (χ4n) is 5.88. The number of rotatable bonds is 9. The molecule has 2 aromatic rings. The quantitative estimate of drug-likeness (QED) is 0.217. The lowest BCUT2D eigenvalue weighted by molar-refractivity contribution is -0.157. The third-order valence-corrected chi connectivity index (χ3v) is 8.37. The van der Waals surface area contributed by atoms with Gasteiger partial charge in [0.15, 0.2) is 0 Å². The first-order valence-electron chi connectivity index (χ1n) is 19.1. The number of piperazine rings is 1. The molecule has 56 heavy (non-hydrogen) atoms. The lowest BCUT2D eigenvalue weighted by Gasteiger charge is -2.38. The predicted molar refractivity (Wildman–Crippen MR) is 211 cm³/mol. The molecule has 2 aliphatic heterocycles. The summed E-state index contributed by atoms with van der Waals surface area (Å²) in [6, 6.07) is 15.5. The number of carbonyl (C=O) groups is 5. The third-order valence-electron chi connectivity index (χ3n) is 8.37. The first kappa shape index (κ1) is 43.4. The normalized spacial score (nSPS) is 15.8. The van der Waals surface area contributed by atoms with Gasteiger partial charge in [0.2, 0.25) is 11.9 Å². The maximum atomic E-state index is 13.4. The van der Waals surface area contributed by atoms with Crippen molar-refractivity contribution in [2.45, 2.75) is 111 Å². The molecule has 15 nitrogen and oxygen atoms in total. The molecule has 0 aliphatic carbocycles. The van der Waals surface area contributed by atoms with Gasteiger partial charge in [-0.3, -0.25) is 4.79 Å². The summed E-state index contributed by atoms with van der Waals surface area (Å²) >= 11 is 0. The number of ether oxygens (including phenoxy) is 4. The van der Waals surface area contributed by atoms with Gasteiger partial charge < -0.3 is 34.1 Å². The van der Waals surface area contributed by atoms with Crippen LogP contribution < -0.4 is 10.2 Å². The number of esters is 1. The number of amides is 4. The van der Waals surface area contributed by atoms with E-state index in [1.54, 1.807) is 73.3 Å². The molecule has 1 atom stereocenters. The fourth-order valence-corrected chi connectivity index (χ4v) is 5.88. The van der Waals surface area contributed by atoms with Gasteiger partial charge in [0.1, 0.15) is 29.5 Å². The highest BCUT2D eigenvalue weighted by Gasteiger charge is 2.37. The van der Waals surface area contributed by atoms with Gasteiger partial charge in [0, 0.05) is 51.4 Å². The van der Waals surface area contributed by atoms with Crippen molar-refractivity contribution in [1.29, 1.82) is 0 Å². The second-order valence-electron chi connectivity index (χ2n) is 16.7. The minimum atomic E-state index is -1.08. The van der Waals surface area contributed by atoms with E-state index in [0.29, 0.717) is 51.4 Å². The topological polar surface area (TPSA) is 160 Å². The Balaban J connectivity index is 1.41. The SMILES string of the molecule is CC(C)(C)OC(=O)[C@H](CCC(=O)N1CCN(c2cccc(N=C3N(C(=O)OC(C)(C)C)CCCN3C(=O)OC(C)(C)C)c2)CC1)NC(=O)OCc1ccccc1. The molecule has 2 heterocycles. The Bertz CT molecular complexity index is 1680. The number of aliphatic imine (C=N–C) groups is 1. The molecule has 2 aliphatic rings. The number of carbonyl (C=O) groups excluding carboxylic acids is 5. The third kappa shape index (κ3) is 13.7. The summed E-state index contributed by atoms with van der Waals surface area (Å²) in [5, 5.41) is 2.59. The number of benzene rings is 2. The van der Waals surface area contributed by atoms with Crippen molar-refractivity contribution in [3.8, 4) is 0 Å². The molecule has 0 aromatic heterocycles. The van der Waals surface area contributed by atoms with E-state index in [0.717, 1.165) is 11.3 Å². The maximum Gasteiger partial charge on any atom is 0.417 e. The van der Waals surface area contributed by atoms with Crippen LogP contribution in [0.25, 0.3) is 0 Å². The summed E-state index contributed by atoms with van der Waals surface area (Å²) in [5.74, 6) is -0.678. The van der Waals surface area contributed by atoms with Crippen LogP contribution in [-0.2, 0) is 35.1 Å². The van der Waals surface area contributed by atoms with Crippen LogP contribution in [0.1, 0.15) is 87.1 Å². The van der Waals surface area contributed by atoms with E-state index in [-0.39, 0.29) is 31.3 Å². The van der Waals surface area contributed by atoms with E-state index in [1.807, 2.05) is 48.5 Å². The fraction of sp³-hybridized carbons (Fsp3) is 0.561. The molecule has 1 N–H and O–H groups in total. The van der Waals surface area contributed by atoms with Crippen LogP contribution in [0.15, 0.2) is 59.6 Å². The molecule has 0 saturated carbocycles. The Morgan fingerprint density at radius 1 is 0.714 bits per heavy atom. The second-order valence-corrected chi connectivity index (χ2v) is 16.7. The average molecular weight is 779 g/mol. The zero-order valence-corrected chi connectivity index (χ0v) is 34.3. The largest absolute Gasteiger partial charge is 0.458 e. The number of hydrogen-bond donors (Lipinski definition) is 1. The summed E-state index contributed by atoms with van der Waals surface area (Å²) in [4.78, 5) is 77.1. The van der Waals surface area contributed by atoms with E-state index in [2.05, 4.69) is 10.2 Å². The predicted octanol–water partition coefficient (Wildman–Crippen LogP) is 6.62. The van der Waals surface area contributed by atoms with Gasteiger partial charge in [-0.25, -0.2) is 34.0 Å². The molecule has 306 valence electrons. The van der Waals surface area contributed by atoms with Crippen molar-refractivity contribution in [3.63, 3.8) is 0 Å². The Kier molecular flexibility index (Phi) is 14.4. The number of anilines is 1. The first-order chi connectivity index (χ1) is 26.2. The van der Waals surface area contributed by atoms with Crippen LogP contribution in [0.4, 0.5) is 25.8 Å². The van der Waals surface area contributed by atoms with E-state index < -0.39 is 47.1 Å². The van der Waals surface area contributed by atoms with E-state index >= 15 is 0 Å². The molecular weight excluding hydrogens is 720 g/mol. The maximum absolute atomic E-state index is 13.4. The second kappa shape index (κ2) is 18.5. The summed E-state index contributed by atoms with van der Waals surface area (Å²) in [6.45, 7) is 18.4. The van der Waals surface area contributed by atoms with Crippen molar-refractivity contribution in [1.82, 2.24) is 20.0 Å². The first-order valence-corrected chi connectivity index (χ1v) is 19.1. The van der Waals surface area contributed by atoms with Gasteiger partial charge in [0.05, 0.1) is 5.69 Å². The van der Waals surface area contributed by atoms with Crippen molar-refractivity contribution in [2.24, 2.45) is 4.99 Å². The highest BCUT2D eigenvalue weighted by Crippen LogP contribution is 2.26. The van der Waals surface area contributed by atoms with Crippen LogP contribution in [0.2, 0.25) is 0 Å². The number of nitrogens with one attached hydrogen (secondary N) is 1. The number of guanidine groups is 1. The monoisotopic (exact) mass is 778 g/mol. The van der Waals surface area contributed by atoms with Crippen molar-refractivity contribution < 1.29 is 42.9 Å². The molecule has 2 saturated heterocycles. The van der Waals surface area contributed by atoms with Crippen molar-refractivity contribution >= 4 is 47.5 Å². The Morgan fingerprint density at radius 3 is 1.84 bits per heavy atom. The molecule has 0 bridgehead atoms. The van der Waals surface area contributed by atoms with Gasteiger partial charge in [-0.05, 0) is 98.9 Å². The lowest BCUT2D eigenvalue weighted by Crippen LogP contribution is -2.56. The Hall–Kier alpha value is -5.34. The van der Waals surface area contributed by atoms with Crippen molar-refractivity contribution in [3.05, 3.63) is 60.2 Å². The Morgan fingerprint density at radius 2 is 1.29 bits per heavy atom. The average Bonchev–Trinajstić information content (AvgIpc) is 3.10. The molecule has 2 fully saturated rings. The highest BCUT2D eigenvalue weighted by atomic mass is 16.6. The van der Waals surface area contributed by atoms with Gasteiger partial charge in [0.25, 0.3) is 0 Å². The standard InChI is InChI=1S/C41H58N6O9/c1-39(2,3)54-34(49)32(43-36(50)53-28-29-15-11-10-12-16-29)19-20-33(48)45-25-23-44(24-26-45)31-18-13-17-30(27-31)42-35-46(37(51)55-40(4,5)6)21-14-22-47(35)38(52)56-41(7,8)9/h10-13,15-18,27,32H,14,19-26,28H2,1-9H3,(H,43,50)/t32-/m0/s1. The van der Waals surface area contributed by atoms with Gasteiger partial charge in [-0.15, -0.1) is 0 Å². The Labute approximate surface area is 330 Å². The van der Waals surface area contributed by atoms with E-state index in [4.69, 9.17) is 23.9 Å². The minimum Gasteiger partial charge on any atom is -0.458 e. The molecule has 15 heteroatoms. The van der Waals surface area contributed by atoms with Gasteiger partial charge in [-0.1, -0.05) is 36.4 Å². The van der Waals surface area contributed by atoms with Crippen LogP contribution in [0.5, 0.6) is 0 Å². The van der Waals surface area contributed by atoms with Gasteiger partial charge in [-0.2, -0.15) is 0 Å². The molecule has 4 rings (SSSR count). The summed E-state index contributed by atoms with van der Waals surface area (Å²) in [6.07, 6.45) is -1.44. The minimum absolute atomic E-state index is 0.0121. The van der Waals surface area contributed by atoms with Crippen LogP contribution in [0, 0.1) is 0 Å². The van der Waals surface area contributed by atoms with Crippen LogP contribution in [0.3, 0.4) is 0 Å². The summed E-state index contributed by atoms with van der Waals surface area (Å²) in [5.41, 5.74) is -0.140. The van der Waals surface area contributed by atoms with Crippen molar-refractivity contribution in [2.75, 3.05) is 44.2 Å². The molecule has 0 unspecified atom stereocenters. The van der Waals surface area contributed by atoms with Gasteiger partial charge >= 0.3 is 24.2 Å². The molecule has 0 radical (unpaired) electrons. The number of alkyl carbamates (subject to hydrolysis) is 1.